The second-order valence-electron chi connectivity index (χ2n) is 3.82. The lowest BCUT2D eigenvalue weighted by Crippen LogP contribution is -2.09. The predicted molar refractivity (Wildman–Crippen MR) is 69.7 cm³/mol. The number of fused-ring (bicyclic) bond motifs is 1. The first kappa shape index (κ1) is 11.9. The molecule has 4 nitrogen and oxygen atoms in total. The van der Waals surface area contributed by atoms with Crippen molar-refractivity contribution in [2.75, 3.05) is 19.0 Å². The molecule has 1 N–H and O–H groups in total. The Labute approximate surface area is 102 Å². The van der Waals surface area contributed by atoms with Gasteiger partial charge < -0.3 is 9.08 Å². The van der Waals surface area contributed by atoms with Crippen LogP contribution in [-0.2, 0) is 11.4 Å². The summed E-state index contributed by atoms with van der Waals surface area (Å²) in [5.74, 6) is 0.409. The van der Waals surface area contributed by atoms with Crippen molar-refractivity contribution < 1.29 is 12.9 Å². The van der Waals surface area contributed by atoms with Gasteiger partial charge in [-0.05, 0) is 12.1 Å². The Kier molecular flexibility index (Phi) is 3.31. The average molecular weight is 251 g/mol. The molecule has 0 spiro atoms. The minimum absolute atomic E-state index is 0.409. The van der Waals surface area contributed by atoms with Gasteiger partial charge in [-0.2, -0.15) is 4.21 Å². The van der Waals surface area contributed by atoms with Gasteiger partial charge in [-0.25, -0.2) is 0 Å². The molecule has 0 heterocycles. The van der Waals surface area contributed by atoms with E-state index in [1.165, 1.54) is 0 Å². The number of hydrogen-bond donors (Lipinski definition) is 1. The monoisotopic (exact) mass is 251 g/mol. The minimum Gasteiger partial charge on any atom is -0.379 e. The van der Waals surface area contributed by atoms with Crippen LogP contribution in [0.4, 0.5) is 5.69 Å². The lowest BCUT2D eigenvalue weighted by Gasteiger charge is -2.16. The highest BCUT2D eigenvalue weighted by Gasteiger charge is 2.08. The van der Waals surface area contributed by atoms with Crippen molar-refractivity contribution in [1.82, 2.24) is 0 Å². The van der Waals surface area contributed by atoms with Crippen LogP contribution in [0, 0.1) is 0 Å². The van der Waals surface area contributed by atoms with Crippen LogP contribution in [0.3, 0.4) is 0 Å². The first-order chi connectivity index (χ1) is 8.09. The van der Waals surface area contributed by atoms with Crippen molar-refractivity contribution in [1.29, 1.82) is 0 Å². The molecule has 1 atom stereocenters. The van der Waals surface area contributed by atoms with Crippen LogP contribution in [0.15, 0.2) is 36.4 Å². The topological polar surface area (TPSA) is 49.8 Å². The van der Waals surface area contributed by atoms with Crippen molar-refractivity contribution in [3.8, 4) is 5.75 Å². The largest absolute Gasteiger partial charge is 0.379 e. The molecule has 0 bridgehead atoms. The van der Waals surface area contributed by atoms with Gasteiger partial charge in [0.2, 0.25) is 0 Å². The van der Waals surface area contributed by atoms with E-state index in [1.807, 2.05) is 43.3 Å². The zero-order valence-corrected chi connectivity index (χ0v) is 10.4. The molecule has 0 aromatic heterocycles. The molecule has 0 radical (unpaired) electrons. The van der Waals surface area contributed by atoms with Crippen LogP contribution in [0.5, 0.6) is 5.75 Å². The maximum Gasteiger partial charge on any atom is 0.357 e. The first-order valence-electron chi connectivity index (χ1n) is 5.08. The summed E-state index contributed by atoms with van der Waals surface area (Å²) in [6.07, 6.45) is 0. The normalized spacial score (nSPS) is 12.4. The highest BCUT2D eigenvalue weighted by molar-refractivity contribution is 7.74. The Morgan fingerprint density at radius 2 is 1.76 bits per heavy atom. The average Bonchev–Trinajstić information content (AvgIpc) is 2.28. The van der Waals surface area contributed by atoms with E-state index in [2.05, 4.69) is 0 Å². The fraction of sp³-hybridized carbons (Fsp3) is 0.167. The first-order valence-corrected chi connectivity index (χ1v) is 6.11. The Bertz CT molecular complexity index is 569. The quantitative estimate of drug-likeness (QED) is 0.851. The summed E-state index contributed by atoms with van der Waals surface area (Å²) >= 11 is -2.30. The van der Waals surface area contributed by atoms with Gasteiger partial charge in [0.15, 0.2) is 5.75 Å². The lowest BCUT2D eigenvalue weighted by atomic mass is 10.1. The molecule has 2 aromatic carbocycles. The summed E-state index contributed by atoms with van der Waals surface area (Å²) in [6, 6.07) is 11.2. The van der Waals surface area contributed by atoms with Crippen LogP contribution in [-0.4, -0.2) is 22.9 Å². The molecule has 2 aromatic rings. The molecule has 17 heavy (non-hydrogen) atoms. The van der Waals surface area contributed by atoms with Crippen LogP contribution >= 0.6 is 0 Å². The highest BCUT2D eigenvalue weighted by Crippen LogP contribution is 2.32. The molecule has 2 rings (SSSR count). The number of anilines is 1. The molecule has 0 aliphatic heterocycles. The Balaban J connectivity index is 2.65. The van der Waals surface area contributed by atoms with E-state index in [9.17, 15) is 4.21 Å². The molecule has 0 saturated carbocycles. The molecule has 0 fully saturated rings. The molecular formula is C12H13NO3S. The molecule has 5 heteroatoms. The van der Waals surface area contributed by atoms with E-state index in [0.29, 0.717) is 5.75 Å². The maximum absolute atomic E-state index is 10.7. The second kappa shape index (κ2) is 4.73. The van der Waals surface area contributed by atoms with Crippen molar-refractivity contribution in [3.05, 3.63) is 36.4 Å². The fourth-order valence-electron chi connectivity index (χ4n) is 1.80. The zero-order chi connectivity index (χ0) is 12.4. The van der Waals surface area contributed by atoms with E-state index in [0.717, 1.165) is 16.5 Å². The van der Waals surface area contributed by atoms with Gasteiger partial charge in [0, 0.05) is 30.6 Å². The molecule has 0 aliphatic carbocycles. The van der Waals surface area contributed by atoms with Gasteiger partial charge in [-0.3, -0.25) is 4.55 Å². The summed E-state index contributed by atoms with van der Waals surface area (Å²) in [4.78, 5) is 1.99. The van der Waals surface area contributed by atoms with Gasteiger partial charge in [0.25, 0.3) is 0 Å². The lowest BCUT2D eigenvalue weighted by molar-refractivity contribution is 0.460. The third-order valence-corrected chi connectivity index (χ3v) is 2.82. The maximum atomic E-state index is 10.7. The Morgan fingerprint density at radius 3 is 2.41 bits per heavy atom. The Morgan fingerprint density at radius 1 is 1.12 bits per heavy atom. The van der Waals surface area contributed by atoms with Crippen molar-refractivity contribution in [3.63, 3.8) is 0 Å². The standard InChI is InChI=1S/C12H13NO3S/c1-13(2)11-7-3-6-10-9(11)5-4-8-12(10)16-17(14)15/h3-8H,1-2H3,(H,14,15). The van der Waals surface area contributed by atoms with Gasteiger partial charge in [-0.15, -0.1) is 0 Å². The number of hydrogen-bond acceptors (Lipinski definition) is 3. The van der Waals surface area contributed by atoms with Crippen molar-refractivity contribution in [2.45, 2.75) is 0 Å². The Hall–Kier alpha value is -1.59. The third-order valence-electron chi connectivity index (χ3n) is 2.50. The van der Waals surface area contributed by atoms with Crippen molar-refractivity contribution in [2.24, 2.45) is 0 Å². The molecule has 0 saturated heterocycles. The van der Waals surface area contributed by atoms with Gasteiger partial charge in [0.1, 0.15) is 0 Å². The molecular weight excluding hydrogens is 238 g/mol. The summed E-state index contributed by atoms with van der Waals surface area (Å²) in [6.45, 7) is 0. The van der Waals surface area contributed by atoms with Crippen LogP contribution in [0.2, 0.25) is 0 Å². The highest BCUT2D eigenvalue weighted by atomic mass is 32.2. The predicted octanol–water partition coefficient (Wildman–Crippen LogP) is 2.42. The van der Waals surface area contributed by atoms with Crippen LogP contribution < -0.4 is 9.08 Å². The van der Waals surface area contributed by atoms with E-state index < -0.39 is 11.4 Å². The third kappa shape index (κ3) is 2.40. The van der Waals surface area contributed by atoms with E-state index in [-0.39, 0.29) is 0 Å². The zero-order valence-electron chi connectivity index (χ0n) is 9.58. The molecule has 0 aliphatic rings. The minimum atomic E-state index is -2.30. The number of benzene rings is 2. The summed E-state index contributed by atoms with van der Waals surface area (Å²) in [5, 5.41) is 1.81. The number of nitrogens with zero attached hydrogens (tertiary/aromatic N) is 1. The summed E-state index contributed by atoms with van der Waals surface area (Å²) < 4.78 is 24.4. The van der Waals surface area contributed by atoms with Crippen LogP contribution in [0.25, 0.3) is 10.8 Å². The summed E-state index contributed by atoms with van der Waals surface area (Å²) in [5.41, 5.74) is 1.04. The van der Waals surface area contributed by atoms with E-state index >= 15 is 0 Å². The molecule has 0 amide bonds. The fourth-order valence-corrected chi connectivity index (χ4v) is 2.10. The van der Waals surface area contributed by atoms with E-state index in [4.69, 9.17) is 8.74 Å². The van der Waals surface area contributed by atoms with Crippen molar-refractivity contribution >= 4 is 27.8 Å². The SMILES string of the molecule is CN(C)c1cccc2c(OS(=O)O)cccc12. The molecule has 1 unspecified atom stereocenters. The second-order valence-corrected chi connectivity index (χ2v) is 4.42. The van der Waals surface area contributed by atoms with Gasteiger partial charge in [0.05, 0.1) is 0 Å². The smallest absolute Gasteiger partial charge is 0.357 e. The van der Waals surface area contributed by atoms with Crippen LogP contribution in [0.1, 0.15) is 0 Å². The summed E-state index contributed by atoms with van der Waals surface area (Å²) in [7, 11) is 3.90. The van der Waals surface area contributed by atoms with E-state index in [1.54, 1.807) is 12.1 Å². The number of rotatable bonds is 3. The van der Waals surface area contributed by atoms with Gasteiger partial charge >= 0.3 is 11.4 Å². The molecule has 90 valence electrons. The van der Waals surface area contributed by atoms with Gasteiger partial charge in [-0.1, -0.05) is 24.3 Å².